The van der Waals surface area contributed by atoms with Crippen molar-refractivity contribution in [2.24, 2.45) is 0 Å². The average Bonchev–Trinajstić information content (AvgIpc) is 3.16. The first-order valence-corrected chi connectivity index (χ1v) is 8.44. The number of aromatic nitrogens is 2. The van der Waals surface area contributed by atoms with E-state index < -0.39 is 40.2 Å². The molecule has 4 rings (SSSR count). The first-order valence-electron chi connectivity index (χ1n) is 8.44. The van der Waals surface area contributed by atoms with E-state index in [2.05, 4.69) is 15.5 Å². The minimum absolute atomic E-state index is 0.242. The Morgan fingerprint density at radius 2 is 1.92 bits per heavy atom. The molecule has 1 aromatic heterocycles. The van der Waals surface area contributed by atoms with Crippen molar-refractivity contribution in [2.45, 2.75) is 50.0 Å². The molecule has 2 fully saturated rings. The standard InChI is InChI=1S/C17H16F3N3O3/c18-10-7-9(11(19)13(24)12(10)20)14(25)22-17(5-1-2-6-17)16-21-15(26-23-16)8-3-4-8/h7-8,24H,1-6H2,(H,22,25). The zero-order valence-corrected chi connectivity index (χ0v) is 13.7. The number of carbonyl (C=O) groups is 1. The minimum atomic E-state index is -1.73. The van der Waals surface area contributed by atoms with Crippen LogP contribution in [0.3, 0.4) is 0 Å². The van der Waals surface area contributed by atoms with Crippen LogP contribution in [0.1, 0.15) is 66.5 Å². The van der Waals surface area contributed by atoms with Gasteiger partial charge in [0, 0.05) is 5.92 Å². The van der Waals surface area contributed by atoms with E-state index in [1.54, 1.807) is 0 Å². The molecule has 0 radical (unpaired) electrons. The Balaban J connectivity index is 1.65. The summed E-state index contributed by atoms with van der Waals surface area (Å²) < 4.78 is 46.0. The molecule has 9 heteroatoms. The van der Waals surface area contributed by atoms with Crippen LogP contribution in [0.5, 0.6) is 5.75 Å². The third-order valence-electron chi connectivity index (χ3n) is 4.98. The lowest BCUT2D eigenvalue weighted by atomic mass is 9.95. The van der Waals surface area contributed by atoms with E-state index in [1.165, 1.54) is 0 Å². The van der Waals surface area contributed by atoms with Crippen LogP contribution in [0.4, 0.5) is 13.2 Å². The largest absolute Gasteiger partial charge is 0.503 e. The van der Waals surface area contributed by atoms with Gasteiger partial charge in [-0.2, -0.15) is 9.37 Å². The maximum atomic E-state index is 14.0. The molecule has 2 N–H and O–H groups in total. The van der Waals surface area contributed by atoms with Crippen molar-refractivity contribution in [1.82, 2.24) is 15.5 Å². The summed E-state index contributed by atoms with van der Waals surface area (Å²) in [5.41, 5.74) is -1.74. The second-order valence-electron chi connectivity index (χ2n) is 6.86. The summed E-state index contributed by atoms with van der Waals surface area (Å²) in [5, 5.41) is 15.9. The zero-order chi connectivity index (χ0) is 18.5. The van der Waals surface area contributed by atoms with Crippen LogP contribution in [-0.2, 0) is 5.54 Å². The van der Waals surface area contributed by atoms with Gasteiger partial charge in [-0.15, -0.1) is 0 Å². The predicted octanol–water partition coefficient (Wildman–Crippen LogP) is 3.27. The summed E-state index contributed by atoms with van der Waals surface area (Å²) in [6.07, 6.45) is 4.55. The summed E-state index contributed by atoms with van der Waals surface area (Å²) in [6.45, 7) is 0. The fourth-order valence-electron chi connectivity index (χ4n) is 3.35. The number of aromatic hydroxyl groups is 1. The van der Waals surface area contributed by atoms with Gasteiger partial charge in [0.1, 0.15) is 5.54 Å². The van der Waals surface area contributed by atoms with Gasteiger partial charge >= 0.3 is 0 Å². The Morgan fingerprint density at radius 3 is 2.58 bits per heavy atom. The Kier molecular flexibility index (Phi) is 3.89. The van der Waals surface area contributed by atoms with E-state index in [-0.39, 0.29) is 5.92 Å². The highest BCUT2D eigenvalue weighted by atomic mass is 19.2. The summed E-state index contributed by atoms with van der Waals surface area (Å²) in [7, 11) is 0. The highest BCUT2D eigenvalue weighted by molar-refractivity contribution is 5.95. The molecule has 138 valence electrons. The monoisotopic (exact) mass is 367 g/mol. The van der Waals surface area contributed by atoms with Gasteiger partial charge in [0.25, 0.3) is 5.91 Å². The molecule has 0 atom stereocenters. The molecular formula is C17H16F3N3O3. The summed E-state index contributed by atoms with van der Waals surface area (Å²) in [4.78, 5) is 16.9. The van der Waals surface area contributed by atoms with Gasteiger partial charge in [0.15, 0.2) is 23.2 Å². The van der Waals surface area contributed by atoms with Crippen molar-refractivity contribution in [3.05, 3.63) is 40.8 Å². The Labute approximate surface area is 146 Å². The van der Waals surface area contributed by atoms with Crippen molar-refractivity contribution in [1.29, 1.82) is 0 Å². The van der Waals surface area contributed by atoms with E-state index in [9.17, 15) is 23.1 Å². The molecule has 2 aromatic rings. The molecular weight excluding hydrogens is 351 g/mol. The van der Waals surface area contributed by atoms with Crippen molar-refractivity contribution >= 4 is 5.91 Å². The fraction of sp³-hybridized carbons (Fsp3) is 0.471. The number of nitrogens with one attached hydrogen (secondary N) is 1. The lowest BCUT2D eigenvalue weighted by Gasteiger charge is -2.27. The third-order valence-corrected chi connectivity index (χ3v) is 4.98. The zero-order valence-electron chi connectivity index (χ0n) is 13.7. The highest BCUT2D eigenvalue weighted by Crippen LogP contribution is 2.42. The normalized spacial score (nSPS) is 18.9. The lowest BCUT2D eigenvalue weighted by Crippen LogP contribution is -2.45. The molecule has 0 spiro atoms. The molecule has 0 unspecified atom stereocenters. The lowest BCUT2D eigenvalue weighted by molar-refractivity contribution is 0.0886. The number of rotatable bonds is 4. The molecule has 2 saturated carbocycles. The van der Waals surface area contributed by atoms with Gasteiger partial charge in [-0.25, -0.2) is 8.78 Å². The highest BCUT2D eigenvalue weighted by Gasteiger charge is 2.43. The maximum Gasteiger partial charge on any atom is 0.255 e. The van der Waals surface area contributed by atoms with Crippen LogP contribution in [0, 0.1) is 17.5 Å². The van der Waals surface area contributed by atoms with Gasteiger partial charge in [-0.3, -0.25) is 4.79 Å². The summed E-state index contributed by atoms with van der Waals surface area (Å²) in [6, 6.07) is 0.425. The van der Waals surface area contributed by atoms with Gasteiger partial charge in [-0.1, -0.05) is 18.0 Å². The van der Waals surface area contributed by atoms with Crippen LogP contribution >= 0.6 is 0 Å². The number of amides is 1. The van der Waals surface area contributed by atoms with Crippen LogP contribution in [-0.4, -0.2) is 21.2 Å². The molecule has 6 nitrogen and oxygen atoms in total. The molecule has 1 heterocycles. The molecule has 2 aliphatic rings. The van der Waals surface area contributed by atoms with E-state index in [0.29, 0.717) is 30.6 Å². The maximum absolute atomic E-state index is 14.0. The molecule has 1 aromatic carbocycles. The number of phenols is 1. The second kappa shape index (κ2) is 6.00. The van der Waals surface area contributed by atoms with Crippen molar-refractivity contribution in [3.8, 4) is 5.75 Å². The molecule has 0 saturated heterocycles. The van der Waals surface area contributed by atoms with Crippen LogP contribution in [0.25, 0.3) is 0 Å². The number of carbonyl (C=O) groups excluding carboxylic acids is 1. The second-order valence-corrected chi connectivity index (χ2v) is 6.86. The Morgan fingerprint density at radius 1 is 1.23 bits per heavy atom. The van der Waals surface area contributed by atoms with Crippen molar-refractivity contribution < 1.29 is 27.6 Å². The quantitative estimate of drug-likeness (QED) is 0.810. The van der Waals surface area contributed by atoms with Gasteiger partial charge < -0.3 is 14.9 Å². The van der Waals surface area contributed by atoms with Crippen LogP contribution in [0.15, 0.2) is 10.6 Å². The number of benzene rings is 1. The first-order chi connectivity index (χ1) is 12.4. The van der Waals surface area contributed by atoms with Gasteiger partial charge in [0.2, 0.25) is 11.7 Å². The predicted molar refractivity (Wildman–Crippen MR) is 81.9 cm³/mol. The van der Waals surface area contributed by atoms with E-state index in [4.69, 9.17) is 4.52 Å². The minimum Gasteiger partial charge on any atom is -0.503 e. The molecule has 26 heavy (non-hydrogen) atoms. The molecule has 2 aliphatic carbocycles. The third kappa shape index (κ3) is 2.71. The fourth-order valence-corrected chi connectivity index (χ4v) is 3.35. The SMILES string of the molecule is O=C(NC1(c2noc(C3CC3)n2)CCCC1)c1cc(F)c(F)c(O)c1F. The topological polar surface area (TPSA) is 88.3 Å². The molecule has 0 bridgehead atoms. The summed E-state index contributed by atoms with van der Waals surface area (Å²) in [5.74, 6) is -6.20. The van der Waals surface area contributed by atoms with Gasteiger partial charge in [-0.05, 0) is 31.7 Å². The van der Waals surface area contributed by atoms with E-state index >= 15 is 0 Å². The van der Waals surface area contributed by atoms with E-state index in [0.717, 1.165) is 25.7 Å². The average molecular weight is 367 g/mol. The Hall–Kier alpha value is -2.58. The number of phenolic OH excluding ortho intramolecular Hbond substituents is 1. The number of nitrogens with zero attached hydrogens (tertiary/aromatic N) is 2. The number of hydrogen-bond donors (Lipinski definition) is 2. The van der Waals surface area contributed by atoms with Crippen LogP contribution in [0.2, 0.25) is 0 Å². The smallest absolute Gasteiger partial charge is 0.255 e. The summed E-state index contributed by atoms with van der Waals surface area (Å²) >= 11 is 0. The van der Waals surface area contributed by atoms with E-state index in [1.807, 2.05) is 0 Å². The molecule has 0 aliphatic heterocycles. The van der Waals surface area contributed by atoms with Crippen molar-refractivity contribution in [2.75, 3.05) is 0 Å². The van der Waals surface area contributed by atoms with Crippen molar-refractivity contribution in [3.63, 3.8) is 0 Å². The Bertz CT molecular complexity index is 874. The molecule has 1 amide bonds. The first kappa shape index (κ1) is 16.9. The van der Waals surface area contributed by atoms with Gasteiger partial charge in [0.05, 0.1) is 5.56 Å². The number of halogens is 3. The number of hydrogen-bond acceptors (Lipinski definition) is 5. The van der Waals surface area contributed by atoms with Crippen LogP contribution < -0.4 is 5.32 Å².